The molecule has 0 heterocycles. The summed E-state index contributed by atoms with van der Waals surface area (Å²) in [6, 6.07) is 22.7. The highest BCUT2D eigenvalue weighted by Gasteiger charge is 2.18. The predicted octanol–water partition coefficient (Wildman–Crippen LogP) is 5.31. The Morgan fingerprint density at radius 1 is 0.800 bits per heavy atom. The monoisotopic (exact) mass is 398 g/mol. The van der Waals surface area contributed by atoms with E-state index in [4.69, 9.17) is 0 Å². The fourth-order valence-corrected chi connectivity index (χ4v) is 3.96. The number of fused-ring (bicyclic) bond motifs is 1. The van der Waals surface area contributed by atoms with E-state index in [1.165, 1.54) is 24.0 Å². The van der Waals surface area contributed by atoms with Crippen LogP contribution in [0.25, 0.3) is 0 Å². The first-order valence-corrected chi connectivity index (χ1v) is 10.5. The molecule has 1 atom stereocenters. The zero-order chi connectivity index (χ0) is 20.9. The zero-order valence-electron chi connectivity index (χ0n) is 17.2. The molecular weight excluding hydrogens is 372 g/mol. The Morgan fingerprint density at radius 3 is 2.30 bits per heavy atom. The largest absolute Gasteiger partial charge is 0.345 e. The van der Waals surface area contributed by atoms with Crippen molar-refractivity contribution in [2.24, 2.45) is 0 Å². The number of amides is 2. The van der Waals surface area contributed by atoms with Crippen molar-refractivity contribution >= 4 is 17.5 Å². The maximum absolute atomic E-state index is 12.9. The van der Waals surface area contributed by atoms with Gasteiger partial charge in [-0.05, 0) is 73.6 Å². The van der Waals surface area contributed by atoms with Crippen molar-refractivity contribution in [2.45, 2.75) is 38.6 Å². The third kappa shape index (κ3) is 4.43. The van der Waals surface area contributed by atoms with Crippen LogP contribution in [0.1, 0.15) is 63.2 Å². The van der Waals surface area contributed by atoms with E-state index in [9.17, 15) is 9.59 Å². The van der Waals surface area contributed by atoms with Gasteiger partial charge in [0.15, 0.2) is 0 Å². The minimum Gasteiger partial charge on any atom is -0.345 e. The van der Waals surface area contributed by atoms with Gasteiger partial charge in [-0.3, -0.25) is 9.59 Å². The second-order valence-corrected chi connectivity index (χ2v) is 7.80. The molecule has 30 heavy (non-hydrogen) atoms. The Bertz CT molecular complexity index is 1060. The lowest BCUT2D eigenvalue weighted by Gasteiger charge is -2.18. The first kappa shape index (κ1) is 19.9. The van der Waals surface area contributed by atoms with Crippen LogP contribution in [0.15, 0.2) is 72.8 Å². The first-order valence-electron chi connectivity index (χ1n) is 10.5. The molecule has 4 heteroatoms. The summed E-state index contributed by atoms with van der Waals surface area (Å²) in [7, 11) is 0. The van der Waals surface area contributed by atoms with Crippen LogP contribution in [0, 0.1) is 0 Å². The van der Waals surface area contributed by atoms with Gasteiger partial charge in [-0.25, -0.2) is 0 Å². The number of rotatable bonds is 5. The maximum Gasteiger partial charge on any atom is 0.255 e. The zero-order valence-corrected chi connectivity index (χ0v) is 17.2. The number of para-hydroxylation sites is 1. The van der Waals surface area contributed by atoms with Crippen molar-refractivity contribution in [2.75, 3.05) is 5.32 Å². The number of nitrogens with one attached hydrogen (secondary N) is 2. The Balaban J connectivity index is 1.50. The van der Waals surface area contributed by atoms with Gasteiger partial charge >= 0.3 is 0 Å². The SMILES string of the molecule is C[C@@H](NC(=O)c1ccccc1NC(=O)c1ccc2c(c1)CCCC2)c1ccccc1. The van der Waals surface area contributed by atoms with E-state index in [-0.39, 0.29) is 17.9 Å². The summed E-state index contributed by atoms with van der Waals surface area (Å²) >= 11 is 0. The average molecular weight is 399 g/mol. The normalized spacial score (nSPS) is 13.8. The molecular formula is C26H26N2O2. The molecule has 0 spiro atoms. The van der Waals surface area contributed by atoms with Gasteiger partial charge < -0.3 is 10.6 Å². The number of carbonyl (C=O) groups is 2. The smallest absolute Gasteiger partial charge is 0.255 e. The van der Waals surface area contributed by atoms with Crippen molar-refractivity contribution in [3.63, 3.8) is 0 Å². The van der Waals surface area contributed by atoms with Crippen molar-refractivity contribution in [1.29, 1.82) is 0 Å². The van der Waals surface area contributed by atoms with E-state index in [1.54, 1.807) is 18.2 Å². The third-order valence-corrected chi connectivity index (χ3v) is 5.68. The predicted molar refractivity (Wildman–Crippen MR) is 120 cm³/mol. The van der Waals surface area contributed by atoms with Gasteiger partial charge in [0.2, 0.25) is 0 Å². The van der Waals surface area contributed by atoms with E-state index in [1.807, 2.05) is 55.5 Å². The summed E-state index contributed by atoms with van der Waals surface area (Å²) in [6.45, 7) is 1.95. The molecule has 0 unspecified atom stereocenters. The summed E-state index contributed by atoms with van der Waals surface area (Å²) in [5.41, 5.74) is 5.22. The summed E-state index contributed by atoms with van der Waals surface area (Å²) in [6.07, 6.45) is 4.48. The first-order chi connectivity index (χ1) is 14.6. The Labute approximate surface area is 177 Å². The number of carbonyl (C=O) groups excluding carboxylic acids is 2. The van der Waals surface area contributed by atoms with Crippen LogP contribution in [0.2, 0.25) is 0 Å². The molecule has 0 bridgehead atoms. The van der Waals surface area contributed by atoms with Crippen LogP contribution in [0.4, 0.5) is 5.69 Å². The quantitative estimate of drug-likeness (QED) is 0.612. The highest BCUT2D eigenvalue weighted by atomic mass is 16.2. The summed E-state index contributed by atoms with van der Waals surface area (Å²) < 4.78 is 0. The summed E-state index contributed by atoms with van der Waals surface area (Å²) in [5, 5.41) is 5.94. The van der Waals surface area contributed by atoms with Gasteiger partial charge in [0, 0.05) is 5.56 Å². The van der Waals surface area contributed by atoms with Gasteiger partial charge in [0.1, 0.15) is 0 Å². The topological polar surface area (TPSA) is 58.2 Å². The van der Waals surface area contributed by atoms with E-state index < -0.39 is 0 Å². The van der Waals surface area contributed by atoms with Crippen molar-refractivity contribution < 1.29 is 9.59 Å². The summed E-state index contributed by atoms with van der Waals surface area (Å²) in [5.74, 6) is -0.410. The third-order valence-electron chi connectivity index (χ3n) is 5.68. The minimum absolute atomic E-state index is 0.136. The molecule has 0 aromatic heterocycles. The molecule has 4 rings (SSSR count). The van der Waals surface area contributed by atoms with Gasteiger partial charge in [0.05, 0.1) is 17.3 Å². The number of hydrogen-bond donors (Lipinski definition) is 2. The molecule has 1 aliphatic rings. The van der Waals surface area contributed by atoms with Crippen molar-refractivity contribution in [1.82, 2.24) is 5.32 Å². The number of hydrogen-bond acceptors (Lipinski definition) is 2. The van der Waals surface area contributed by atoms with E-state index >= 15 is 0 Å². The number of aryl methyl sites for hydroxylation is 2. The standard InChI is InChI=1S/C26H26N2O2/c1-18(19-9-3-2-4-10-19)27-26(30)23-13-7-8-14-24(23)28-25(29)22-16-15-20-11-5-6-12-21(20)17-22/h2-4,7-10,13-18H,5-6,11-12H2,1H3,(H,27,30)(H,28,29)/t18-/m1/s1. The maximum atomic E-state index is 12.9. The molecule has 3 aromatic carbocycles. The van der Waals surface area contributed by atoms with E-state index in [0.29, 0.717) is 16.8 Å². The second-order valence-electron chi connectivity index (χ2n) is 7.80. The van der Waals surface area contributed by atoms with Gasteiger partial charge in [-0.1, -0.05) is 48.5 Å². The molecule has 0 radical (unpaired) electrons. The van der Waals surface area contributed by atoms with Crippen molar-refractivity contribution in [3.8, 4) is 0 Å². The fourth-order valence-electron chi connectivity index (χ4n) is 3.96. The van der Waals surface area contributed by atoms with Crippen LogP contribution in [-0.2, 0) is 12.8 Å². The van der Waals surface area contributed by atoms with E-state index in [0.717, 1.165) is 18.4 Å². The number of benzene rings is 3. The molecule has 4 nitrogen and oxygen atoms in total. The van der Waals surface area contributed by atoms with Gasteiger partial charge in [0.25, 0.3) is 11.8 Å². The molecule has 0 saturated heterocycles. The molecule has 0 saturated carbocycles. The number of anilines is 1. The molecule has 2 N–H and O–H groups in total. The lowest BCUT2D eigenvalue weighted by molar-refractivity contribution is 0.0941. The van der Waals surface area contributed by atoms with E-state index in [2.05, 4.69) is 16.7 Å². The molecule has 0 fully saturated rings. The Morgan fingerprint density at radius 2 is 1.50 bits per heavy atom. The lowest BCUT2D eigenvalue weighted by atomic mass is 9.90. The van der Waals surface area contributed by atoms with Crippen LogP contribution in [0.5, 0.6) is 0 Å². The molecule has 0 aliphatic heterocycles. The van der Waals surface area contributed by atoms with Crippen LogP contribution in [0.3, 0.4) is 0 Å². The Kier molecular flexibility index (Phi) is 5.94. The lowest BCUT2D eigenvalue weighted by Crippen LogP contribution is -2.28. The average Bonchev–Trinajstić information content (AvgIpc) is 2.79. The molecule has 2 amide bonds. The minimum atomic E-state index is -0.215. The Hall–Kier alpha value is -3.40. The van der Waals surface area contributed by atoms with Crippen LogP contribution < -0.4 is 10.6 Å². The van der Waals surface area contributed by atoms with Crippen molar-refractivity contribution in [3.05, 3.63) is 101 Å². The fraction of sp³-hybridized carbons (Fsp3) is 0.231. The van der Waals surface area contributed by atoms with Gasteiger partial charge in [-0.15, -0.1) is 0 Å². The molecule has 3 aromatic rings. The second kappa shape index (κ2) is 8.95. The molecule has 1 aliphatic carbocycles. The van der Waals surface area contributed by atoms with Gasteiger partial charge in [-0.2, -0.15) is 0 Å². The highest BCUT2D eigenvalue weighted by molar-refractivity contribution is 6.09. The summed E-state index contributed by atoms with van der Waals surface area (Å²) in [4.78, 5) is 25.8. The van der Waals surface area contributed by atoms with Crippen LogP contribution in [-0.4, -0.2) is 11.8 Å². The highest BCUT2D eigenvalue weighted by Crippen LogP contribution is 2.23. The molecule has 152 valence electrons. The van der Waals surface area contributed by atoms with Crippen LogP contribution >= 0.6 is 0 Å².